The molecule has 0 spiro atoms. The van der Waals surface area contributed by atoms with Crippen LogP contribution in [0.5, 0.6) is 0 Å². The van der Waals surface area contributed by atoms with Crippen LogP contribution in [0.15, 0.2) is 71.5 Å². The van der Waals surface area contributed by atoms with Crippen LogP contribution in [0.3, 0.4) is 0 Å². The SMILES string of the molecule is Cc1cc(C(=O)COC(=O)c2ccccc2)c(C)n1-c1c(C)n(C)n(-c2ccccc2)c1=O. The second kappa shape index (κ2) is 8.78. The van der Waals surface area contributed by atoms with Gasteiger partial charge in [0.1, 0.15) is 5.69 Å². The quantitative estimate of drug-likeness (QED) is 0.334. The van der Waals surface area contributed by atoms with E-state index in [2.05, 4.69) is 0 Å². The Morgan fingerprint density at radius 1 is 0.879 bits per heavy atom. The number of ketones is 1. The Kier molecular flexibility index (Phi) is 5.87. The van der Waals surface area contributed by atoms with Gasteiger partial charge in [-0.2, -0.15) is 0 Å². The first-order valence-electron chi connectivity index (χ1n) is 10.6. The fourth-order valence-electron chi connectivity index (χ4n) is 4.07. The topological polar surface area (TPSA) is 75.2 Å². The molecule has 33 heavy (non-hydrogen) atoms. The van der Waals surface area contributed by atoms with Gasteiger partial charge in [0.2, 0.25) is 5.78 Å². The third-order valence-electron chi connectivity index (χ3n) is 5.82. The van der Waals surface area contributed by atoms with Crippen molar-refractivity contribution in [2.24, 2.45) is 7.05 Å². The molecule has 0 saturated heterocycles. The Balaban J connectivity index is 1.67. The number of aromatic nitrogens is 3. The van der Waals surface area contributed by atoms with Crippen molar-refractivity contribution in [3.05, 3.63) is 105 Å². The lowest BCUT2D eigenvalue weighted by atomic mass is 10.1. The second-order valence-electron chi connectivity index (χ2n) is 7.90. The molecular weight excluding hydrogens is 418 g/mol. The predicted molar refractivity (Wildman–Crippen MR) is 126 cm³/mol. The summed E-state index contributed by atoms with van der Waals surface area (Å²) < 4.78 is 10.4. The van der Waals surface area contributed by atoms with Crippen LogP contribution in [0, 0.1) is 20.8 Å². The second-order valence-corrected chi connectivity index (χ2v) is 7.90. The third kappa shape index (κ3) is 3.93. The van der Waals surface area contributed by atoms with Crippen molar-refractivity contribution in [3.8, 4) is 11.4 Å². The molecule has 0 amide bonds. The van der Waals surface area contributed by atoms with Crippen molar-refractivity contribution in [2.45, 2.75) is 20.8 Å². The molecule has 0 aliphatic heterocycles. The molecule has 2 aromatic carbocycles. The normalized spacial score (nSPS) is 10.9. The zero-order valence-electron chi connectivity index (χ0n) is 19.0. The highest BCUT2D eigenvalue weighted by Crippen LogP contribution is 2.23. The van der Waals surface area contributed by atoms with Crippen LogP contribution in [0.2, 0.25) is 0 Å². The van der Waals surface area contributed by atoms with E-state index in [9.17, 15) is 14.4 Å². The van der Waals surface area contributed by atoms with Crippen molar-refractivity contribution in [1.29, 1.82) is 0 Å². The highest BCUT2D eigenvalue weighted by Gasteiger charge is 2.24. The van der Waals surface area contributed by atoms with Crippen molar-refractivity contribution in [2.75, 3.05) is 6.61 Å². The summed E-state index contributed by atoms with van der Waals surface area (Å²) in [6.45, 7) is 5.13. The molecule has 0 atom stereocenters. The van der Waals surface area contributed by atoms with Crippen LogP contribution in [0.25, 0.3) is 11.4 Å². The zero-order chi connectivity index (χ0) is 23.7. The Morgan fingerprint density at radius 2 is 1.48 bits per heavy atom. The van der Waals surface area contributed by atoms with Gasteiger partial charge in [0.15, 0.2) is 6.61 Å². The molecule has 0 aliphatic carbocycles. The number of nitrogens with zero attached hydrogens (tertiary/aromatic N) is 3. The number of carbonyl (C=O) groups excluding carboxylic acids is 2. The maximum Gasteiger partial charge on any atom is 0.338 e. The summed E-state index contributed by atoms with van der Waals surface area (Å²) in [4.78, 5) is 38.5. The van der Waals surface area contributed by atoms with Gasteiger partial charge in [-0.15, -0.1) is 0 Å². The summed E-state index contributed by atoms with van der Waals surface area (Å²) >= 11 is 0. The van der Waals surface area contributed by atoms with Crippen molar-refractivity contribution >= 4 is 11.8 Å². The molecule has 0 fully saturated rings. The molecule has 0 bridgehead atoms. The van der Waals surface area contributed by atoms with E-state index in [0.717, 1.165) is 17.1 Å². The summed E-state index contributed by atoms with van der Waals surface area (Å²) in [7, 11) is 1.83. The number of benzene rings is 2. The number of aryl methyl sites for hydroxylation is 1. The van der Waals surface area contributed by atoms with Crippen LogP contribution < -0.4 is 5.56 Å². The lowest BCUT2D eigenvalue weighted by molar-refractivity contribution is 0.0474. The molecule has 7 heteroatoms. The van der Waals surface area contributed by atoms with Crippen LogP contribution in [-0.2, 0) is 11.8 Å². The van der Waals surface area contributed by atoms with E-state index in [1.165, 1.54) is 0 Å². The van der Waals surface area contributed by atoms with Gasteiger partial charge >= 0.3 is 5.97 Å². The Hall–Kier alpha value is -4.13. The number of ether oxygens (including phenoxy) is 1. The van der Waals surface area contributed by atoms with Crippen molar-refractivity contribution in [1.82, 2.24) is 13.9 Å². The summed E-state index contributed by atoms with van der Waals surface area (Å²) in [5, 5.41) is 0. The van der Waals surface area contributed by atoms with Crippen LogP contribution in [0.4, 0.5) is 0 Å². The van der Waals surface area contributed by atoms with Gasteiger partial charge < -0.3 is 9.30 Å². The lowest BCUT2D eigenvalue weighted by Crippen LogP contribution is -2.22. The smallest absolute Gasteiger partial charge is 0.338 e. The summed E-state index contributed by atoms with van der Waals surface area (Å²) in [5.74, 6) is -0.877. The monoisotopic (exact) mass is 443 g/mol. The molecular formula is C26H25N3O4. The average Bonchev–Trinajstić information content (AvgIpc) is 3.23. The minimum atomic E-state index is -0.553. The van der Waals surface area contributed by atoms with Crippen LogP contribution >= 0.6 is 0 Å². The van der Waals surface area contributed by atoms with E-state index < -0.39 is 5.97 Å². The predicted octanol–water partition coefficient (Wildman–Crippen LogP) is 3.93. The average molecular weight is 444 g/mol. The fourth-order valence-corrected chi connectivity index (χ4v) is 4.07. The Morgan fingerprint density at radius 3 is 2.12 bits per heavy atom. The lowest BCUT2D eigenvalue weighted by Gasteiger charge is -2.09. The van der Waals surface area contributed by atoms with Gasteiger partial charge in [0, 0.05) is 24.0 Å². The van der Waals surface area contributed by atoms with Gasteiger partial charge in [-0.1, -0.05) is 36.4 Å². The number of carbonyl (C=O) groups is 2. The van der Waals surface area contributed by atoms with E-state index in [0.29, 0.717) is 22.5 Å². The van der Waals surface area contributed by atoms with Gasteiger partial charge in [-0.3, -0.25) is 14.3 Å². The zero-order valence-corrected chi connectivity index (χ0v) is 19.0. The van der Waals surface area contributed by atoms with Crippen molar-refractivity contribution in [3.63, 3.8) is 0 Å². The summed E-state index contributed by atoms with van der Waals surface area (Å²) in [6.07, 6.45) is 0. The maximum absolute atomic E-state index is 13.4. The number of esters is 1. The minimum absolute atomic E-state index is 0.183. The highest BCUT2D eigenvalue weighted by atomic mass is 16.5. The highest BCUT2D eigenvalue weighted by molar-refractivity contribution is 6.00. The Labute approximate surface area is 191 Å². The van der Waals surface area contributed by atoms with E-state index in [4.69, 9.17) is 4.74 Å². The molecule has 2 heterocycles. The molecule has 0 saturated carbocycles. The number of hydrogen-bond acceptors (Lipinski definition) is 4. The molecule has 168 valence electrons. The Bertz CT molecular complexity index is 1390. The first kappa shape index (κ1) is 22.1. The van der Waals surface area contributed by atoms with E-state index in [-0.39, 0.29) is 17.9 Å². The molecule has 0 aliphatic rings. The van der Waals surface area contributed by atoms with Gasteiger partial charge in [0.25, 0.3) is 5.56 Å². The number of rotatable bonds is 6. The van der Waals surface area contributed by atoms with Crippen LogP contribution in [-0.4, -0.2) is 32.3 Å². The van der Waals surface area contributed by atoms with E-state index in [1.54, 1.807) is 57.3 Å². The molecule has 4 aromatic rings. The number of Topliss-reactive ketones (excluding diaryl/α,β-unsaturated/α-hetero) is 1. The molecule has 0 unspecified atom stereocenters. The molecule has 0 N–H and O–H groups in total. The fraction of sp³-hybridized carbons (Fsp3) is 0.192. The van der Waals surface area contributed by atoms with Crippen LogP contribution in [0.1, 0.15) is 37.8 Å². The first-order valence-corrected chi connectivity index (χ1v) is 10.6. The van der Waals surface area contributed by atoms with E-state index >= 15 is 0 Å². The van der Waals surface area contributed by atoms with E-state index in [1.807, 2.05) is 51.2 Å². The van der Waals surface area contributed by atoms with Gasteiger partial charge in [-0.05, 0) is 51.1 Å². The molecule has 4 rings (SSSR count). The largest absolute Gasteiger partial charge is 0.454 e. The molecule has 0 radical (unpaired) electrons. The third-order valence-corrected chi connectivity index (χ3v) is 5.82. The molecule has 7 nitrogen and oxygen atoms in total. The first-order chi connectivity index (χ1) is 15.8. The minimum Gasteiger partial charge on any atom is -0.454 e. The standard InChI is InChI=1S/C26H25N3O4/c1-17-15-22(23(30)16-33-26(32)20-11-7-5-8-12-20)18(2)28(17)24-19(3)27(4)29(25(24)31)21-13-9-6-10-14-21/h5-15H,16H2,1-4H3. The molecule has 2 aromatic heterocycles. The van der Waals surface area contributed by atoms with Gasteiger partial charge in [0.05, 0.1) is 16.9 Å². The number of hydrogen-bond donors (Lipinski definition) is 0. The van der Waals surface area contributed by atoms with Crippen molar-refractivity contribution < 1.29 is 14.3 Å². The number of para-hydroxylation sites is 1. The maximum atomic E-state index is 13.4. The summed E-state index contributed by atoms with van der Waals surface area (Å²) in [6, 6.07) is 19.7. The summed E-state index contributed by atoms with van der Waals surface area (Å²) in [5.41, 5.74) is 4.00. The van der Waals surface area contributed by atoms with Gasteiger partial charge in [-0.25, -0.2) is 9.48 Å².